The Hall–Kier alpha value is -0.970. The first-order valence-corrected chi connectivity index (χ1v) is 7.37. The molecule has 0 bridgehead atoms. The molecule has 0 amide bonds. The number of rotatable bonds is 7. The third-order valence-corrected chi connectivity index (χ3v) is 3.61. The van der Waals surface area contributed by atoms with E-state index < -0.39 is 0 Å². The zero-order valence-electron chi connectivity index (χ0n) is 12.1. The van der Waals surface area contributed by atoms with E-state index in [9.17, 15) is 0 Å². The molecule has 0 spiro atoms. The molecule has 1 saturated heterocycles. The van der Waals surface area contributed by atoms with Crippen LogP contribution in [0.2, 0.25) is 5.02 Å². The van der Waals surface area contributed by atoms with Crippen molar-refractivity contribution in [2.24, 2.45) is 0 Å². The summed E-state index contributed by atoms with van der Waals surface area (Å²) in [4.78, 5) is 0. The molecule has 5 heteroatoms. The number of hydrogen-bond acceptors (Lipinski definition) is 4. The minimum atomic E-state index is 0.334. The molecule has 0 saturated carbocycles. The maximum Gasteiger partial charge on any atom is 0.165 e. The molecule has 1 unspecified atom stereocenters. The van der Waals surface area contributed by atoms with Crippen LogP contribution >= 0.6 is 11.6 Å². The van der Waals surface area contributed by atoms with Crippen LogP contribution in [0, 0.1) is 0 Å². The first-order valence-electron chi connectivity index (χ1n) is 7.00. The lowest BCUT2D eigenvalue weighted by Gasteiger charge is -2.17. The third-order valence-electron chi connectivity index (χ3n) is 3.39. The molecule has 1 aromatic carbocycles. The summed E-state index contributed by atoms with van der Waals surface area (Å²) in [6.07, 6.45) is 3.52. The van der Waals surface area contributed by atoms with Gasteiger partial charge in [0.2, 0.25) is 0 Å². The highest BCUT2D eigenvalue weighted by molar-refractivity contribution is 6.30. The van der Waals surface area contributed by atoms with Gasteiger partial charge >= 0.3 is 0 Å². The van der Waals surface area contributed by atoms with Crippen LogP contribution in [0.4, 0.5) is 0 Å². The fourth-order valence-corrected chi connectivity index (χ4v) is 2.66. The van der Waals surface area contributed by atoms with Crippen LogP contribution in [-0.2, 0) is 11.3 Å². The molecule has 1 heterocycles. The van der Waals surface area contributed by atoms with Crippen molar-refractivity contribution in [3.8, 4) is 11.5 Å². The van der Waals surface area contributed by atoms with Crippen LogP contribution in [0.5, 0.6) is 11.5 Å². The van der Waals surface area contributed by atoms with Gasteiger partial charge in [-0.1, -0.05) is 11.6 Å². The van der Waals surface area contributed by atoms with Crippen molar-refractivity contribution >= 4 is 11.6 Å². The van der Waals surface area contributed by atoms with Crippen LogP contribution < -0.4 is 14.8 Å². The van der Waals surface area contributed by atoms with Gasteiger partial charge in [-0.2, -0.15) is 0 Å². The van der Waals surface area contributed by atoms with E-state index in [1.165, 1.54) is 0 Å². The van der Waals surface area contributed by atoms with Gasteiger partial charge < -0.3 is 19.5 Å². The Labute approximate surface area is 125 Å². The van der Waals surface area contributed by atoms with Crippen molar-refractivity contribution < 1.29 is 14.2 Å². The zero-order chi connectivity index (χ0) is 14.4. The predicted molar refractivity (Wildman–Crippen MR) is 79.9 cm³/mol. The highest BCUT2D eigenvalue weighted by atomic mass is 35.5. The molecule has 1 aromatic rings. The Morgan fingerprint density at radius 1 is 1.45 bits per heavy atom. The van der Waals surface area contributed by atoms with Crippen LogP contribution in [0.25, 0.3) is 0 Å². The van der Waals surface area contributed by atoms with E-state index in [-0.39, 0.29) is 0 Å². The van der Waals surface area contributed by atoms with Gasteiger partial charge in [-0.15, -0.1) is 0 Å². The van der Waals surface area contributed by atoms with Crippen molar-refractivity contribution in [2.75, 3.05) is 27.4 Å². The van der Waals surface area contributed by atoms with Gasteiger partial charge in [0.15, 0.2) is 11.5 Å². The summed E-state index contributed by atoms with van der Waals surface area (Å²) in [5.74, 6) is 1.44. The lowest BCUT2D eigenvalue weighted by Crippen LogP contribution is -2.13. The molecular formula is C15H22ClNO3. The largest absolute Gasteiger partial charge is 0.493 e. The number of halogens is 1. The van der Waals surface area contributed by atoms with Crippen molar-refractivity contribution in [2.45, 2.75) is 31.9 Å². The van der Waals surface area contributed by atoms with Gasteiger partial charge in [-0.3, -0.25) is 0 Å². The quantitative estimate of drug-likeness (QED) is 0.840. The van der Waals surface area contributed by atoms with E-state index in [1.807, 2.05) is 13.1 Å². The second-order valence-electron chi connectivity index (χ2n) is 4.90. The monoisotopic (exact) mass is 299 g/mol. The summed E-state index contributed by atoms with van der Waals surface area (Å²) in [6, 6.07) is 3.68. The molecule has 1 N–H and O–H groups in total. The van der Waals surface area contributed by atoms with E-state index in [2.05, 4.69) is 5.32 Å². The Morgan fingerprint density at radius 3 is 2.95 bits per heavy atom. The smallest absolute Gasteiger partial charge is 0.165 e. The zero-order valence-corrected chi connectivity index (χ0v) is 12.8. The lowest BCUT2D eigenvalue weighted by molar-refractivity contribution is 0.0897. The van der Waals surface area contributed by atoms with Crippen LogP contribution in [-0.4, -0.2) is 33.5 Å². The number of ether oxygens (including phenoxy) is 3. The van der Waals surface area contributed by atoms with Gasteiger partial charge in [0.1, 0.15) is 0 Å². The van der Waals surface area contributed by atoms with Crippen molar-refractivity contribution in [1.29, 1.82) is 0 Å². The van der Waals surface area contributed by atoms with Crippen molar-refractivity contribution in [1.82, 2.24) is 5.32 Å². The number of nitrogens with one attached hydrogen (secondary N) is 1. The molecular weight excluding hydrogens is 278 g/mol. The predicted octanol–water partition coefficient (Wildman–Crippen LogP) is 3.02. The van der Waals surface area contributed by atoms with Gasteiger partial charge in [-0.05, 0) is 26.0 Å². The number of hydrogen-bond donors (Lipinski definition) is 1. The molecule has 20 heavy (non-hydrogen) atoms. The molecule has 0 radical (unpaired) electrons. The van der Waals surface area contributed by atoms with E-state index in [0.29, 0.717) is 30.0 Å². The average molecular weight is 300 g/mol. The molecule has 1 aliphatic rings. The number of methoxy groups -OCH3 is 1. The summed E-state index contributed by atoms with van der Waals surface area (Å²) < 4.78 is 16.9. The minimum absolute atomic E-state index is 0.334. The lowest BCUT2D eigenvalue weighted by atomic mass is 10.1. The number of benzene rings is 1. The second kappa shape index (κ2) is 7.72. The fraction of sp³-hybridized carbons (Fsp3) is 0.600. The highest BCUT2D eigenvalue weighted by Crippen LogP contribution is 2.35. The van der Waals surface area contributed by atoms with E-state index in [0.717, 1.165) is 37.2 Å². The fourth-order valence-electron chi connectivity index (χ4n) is 2.42. The van der Waals surface area contributed by atoms with Crippen LogP contribution in [0.15, 0.2) is 12.1 Å². The Bertz CT molecular complexity index is 433. The molecule has 2 rings (SSSR count). The summed E-state index contributed by atoms with van der Waals surface area (Å²) in [5.41, 5.74) is 1.00. The highest BCUT2D eigenvalue weighted by Gasteiger charge is 2.17. The Kier molecular flexibility index (Phi) is 5.95. The Balaban J connectivity index is 2.03. The van der Waals surface area contributed by atoms with Crippen LogP contribution in [0.1, 0.15) is 24.8 Å². The summed E-state index contributed by atoms with van der Waals surface area (Å²) in [6.45, 7) is 2.19. The van der Waals surface area contributed by atoms with E-state index in [1.54, 1.807) is 13.2 Å². The first-order chi connectivity index (χ1) is 9.74. The standard InChI is InChI=1S/C15H22ClNO3/c1-17-10-11-8-12(16)9-14(18-2)15(11)20-7-5-13-4-3-6-19-13/h8-9,13,17H,3-7,10H2,1-2H3. The van der Waals surface area contributed by atoms with Gasteiger partial charge in [0, 0.05) is 36.2 Å². The van der Waals surface area contributed by atoms with E-state index in [4.69, 9.17) is 25.8 Å². The van der Waals surface area contributed by atoms with Gasteiger partial charge in [0.05, 0.1) is 19.8 Å². The van der Waals surface area contributed by atoms with Crippen LogP contribution in [0.3, 0.4) is 0 Å². The summed E-state index contributed by atoms with van der Waals surface area (Å²) in [7, 11) is 3.52. The van der Waals surface area contributed by atoms with E-state index >= 15 is 0 Å². The summed E-state index contributed by atoms with van der Waals surface area (Å²) in [5, 5.41) is 3.77. The molecule has 1 aliphatic heterocycles. The Morgan fingerprint density at radius 2 is 2.30 bits per heavy atom. The van der Waals surface area contributed by atoms with Gasteiger partial charge in [-0.25, -0.2) is 0 Å². The SMILES string of the molecule is CNCc1cc(Cl)cc(OC)c1OCCC1CCCO1. The summed E-state index contributed by atoms with van der Waals surface area (Å²) >= 11 is 6.09. The third kappa shape index (κ3) is 4.01. The molecule has 0 aliphatic carbocycles. The molecule has 1 fully saturated rings. The molecule has 0 aromatic heterocycles. The normalized spacial score (nSPS) is 18.2. The molecule has 4 nitrogen and oxygen atoms in total. The van der Waals surface area contributed by atoms with Gasteiger partial charge in [0.25, 0.3) is 0 Å². The maximum absolute atomic E-state index is 6.09. The van der Waals surface area contributed by atoms with Crippen molar-refractivity contribution in [3.05, 3.63) is 22.7 Å². The topological polar surface area (TPSA) is 39.7 Å². The van der Waals surface area contributed by atoms with Crippen molar-refractivity contribution in [3.63, 3.8) is 0 Å². The minimum Gasteiger partial charge on any atom is -0.493 e. The molecule has 1 atom stereocenters. The molecule has 112 valence electrons. The second-order valence-corrected chi connectivity index (χ2v) is 5.34. The maximum atomic E-state index is 6.09. The first kappa shape index (κ1) is 15.4. The average Bonchev–Trinajstić information content (AvgIpc) is 2.94.